The van der Waals surface area contributed by atoms with Gasteiger partial charge in [0.1, 0.15) is 0 Å². The van der Waals surface area contributed by atoms with Crippen molar-refractivity contribution in [2.75, 3.05) is 16.0 Å². The van der Waals surface area contributed by atoms with Crippen molar-refractivity contribution in [1.29, 1.82) is 0 Å². The molecule has 0 aromatic heterocycles. The summed E-state index contributed by atoms with van der Waals surface area (Å²) in [5.74, 6) is -0.248. The molecule has 7 heteroatoms. The average molecular weight is 414 g/mol. The second-order valence-electron chi connectivity index (χ2n) is 6.08. The van der Waals surface area contributed by atoms with E-state index in [2.05, 4.69) is 16.0 Å². The van der Waals surface area contributed by atoms with Crippen LogP contribution >= 0.6 is 23.2 Å². The van der Waals surface area contributed by atoms with Gasteiger partial charge in [0.25, 0.3) is 5.91 Å². The number of halogens is 2. The third kappa shape index (κ3) is 5.25. The predicted octanol–water partition coefficient (Wildman–Crippen LogP) is 6.20. The molecule has 3 rings (SSSR count). The van der Waals surface area contributed by atoms with E-state index >= 15 is 0 Å². The lowest BCUT2D eigenvalue weighted by molar-refractivity contribution is 0.102. The molecular weight excluding hydrogens is 397 g/mol. The van der Waals surface area contributed by atoms with Crippen LogP contribution in [0.25, 0.3) is 0 Å². The van der Waals surface area contributed by atoms with E-state index in [0.717, 1.165) is 5.56 Å². The molecule has 0 saturated carbocycles. The fourth-order valence-corrected chi connectivity index (χ4v) is 2.75. The molecule has 3 aromatic carbocycles. The minimum absolute atomic E-state index is 0.248. The van der Waals surface area contributed by atoms with Gasteiger partial charge in [-0.15, -0.1) is 0 Å². The summed E-state index contributed by atoms with van der Waals surface area (Å²) < 4.78 is 0. The molecule has 0 heterocycles. The van der Waals surface area contributed by atoms with Crippen LogP contribution in [-0.4, -0.2) is 11.9 Å². The number of aryl methyl sites for hydroxylation is 1. The lowest BCUT2D eigenvalue weighted by Gasteiger charge is -2.12. The van der Waals surface area contributed by atoms with Crippen LogP contribution in [0.5, 0.6) is 0 Å². The molecule has 142 valence electrons. The molecule has 0 aliphatic rings. The van der Waals surface area contributed by atoms with Gasteiger partial charge in [-0.05, 0) is 79.2 Å². The molecule has 3 aromatic rings. The summed E-state index contributed by atoms with van der Waals surface area (Å²) >= 11 is 11.7. The molecule has 3 amide bonds. The molecule has 0 atom stereocenters. The number of hydrogen-bond donors (Lipinski definition) is 3. The van der Waals surface area contributed by atoms with Gasteiger partial charge >= 0.3 is 6.03 Å². The Bertz CT molecular complexity index is 1000. The third-order valence-corrected chi connectivity index (χ3v) is 4.44. The number of hydrogen-bond acceptors (Lipinski definition) is 2. The van der Waals surface area contributed by atoms with Crippen LogP contribution in [0.3, 0.4) is 0 Å². The van der Waals surface area contributed by atoms with Crippen molar-refractivity contribution in [2.45, 2.75) is 6.92 Å². The van der Waals surface area contributed by atoms with Gasteiger partial charge in [-0.3, -0.25) is 4.79 Å². The number of nitrogens with one attached hydrogen (secondary N) is 3. The summed E-state index contributed by atoms with van der Waals surface area (Å²) in [7, 11) is 0. The van der Waals surface area contributed by atoms with Gasteiger partial charge in [0, 0.05) is 32.7 Å². The third-order valence-electron chi connectivity index (χ3n) is 3.94. The average Bonchev–Trinajstić information content (AvgIpc) is 2.67. The first-order valence-corrected chi connectivity index (χ1v) is 9.17. The number of benzene rings is 3. The normalized spacial score (nSPS) is 10.2. The summed E-state index contributed by atoms with van der Waals surface area (Å²) in [6.45, 7) is 1.82. The summed E-state index contributed by atoms with van der Waals surface area (Å²) in [6, 6.07) is 18.3. The smallest absolute Gasteiger partial charge is 0.322 e. The van der Waals surface area contributed by atoms with Crippen molar-refractivity contribution in [3.8, 4) is 0 Å². The fraction of sp³-hybridized carbons (Fsp3) is 0.0476. The summed E-state index contributed by atoms with van der Waals surface area (Å²) in [5, 5.41) is 9.48. The second kappa shape index (κ2) is 8.78. The Hall–Kier alpha value is -3.02. The molecule has 3 N–H and O–H groups in total. The van der Waals surface area contributed by atoms with Gasteiger partial charge in [0.2, 0.25) is 0 Å². The standard InChI is InChI=1S/C21H17Cl2N3O2/c1-13-12-14(20(27)24-17-7-3-15(22)4-8-17)2-11-19(13)26-21(28)25-18-9-5-16(23)6-10-18/h2-12H,1H3,(H,24,27)(H2,25,26,28). The molecule has 0 spiro atoms. The van der Waals surface area contributed by atoms with E-state index in [1.807, 2.05) is 6.92 Å². The second-order valence-corrected chi connectivity index (χ2v) is 6.95. The number of amides is 3. The van der Waals surface area contributed by atoms with Crippen molar-refractivity contribution in [2.24, 2.45) is 0 Å². The predicted molar refractivity (Wildman–Crippen MR) is 115 cm³/mol. The van der Waals surface area contributed by atoms with E-state index in [1.165, 1.54) is 0 Å². The van der Waals surface area contributed by atoms with E-state index in [1.54, 1.807) is 66.7 Å². The molecule has 0 aliphatic heterocycles. The topological polar surface area (TPSA) is 70.2 Å². The molecule has 0 radical (unpaired) electrons. The zero-order chi connectivity index (χ0) is 20.1. The van der Waals surface area contributed by atoms with Crippen molar-refractivity contribution in [3.05, 3.63) is 87.9 Å². The first-order chi connectivity index (χ1) is 13.4. The Morgan fingerprint density at radius 2 is 1.25 bits per heavy atom. The lowest BCUT2D eigenvalue weighted by Crippen LogP contribution is -2.20. The van der Waals surface area contributed by atoms with Gasteiger partial charge in [0.05, 0.1) is 0 Å². The minimum atomic E-state index is -0.385. The maximum Gasteiger partial charge on any atom is 0.323 e. The lowest BCUT2D eigenvalue weighted by atomic mass is 10.1. The van der Waals surface area contributed by atoms with E-state index in [4.69, 9.17) is 23.2 Å². The van der Waals surface area contributed by atoms with E-state index in [-0.39, 0.29) is 11.9 Å². The van der Waals surface area contributed by atoms with Gasteiger partial charge in [-0.1, -0.05) is 23.2 Å². The summed E-state index contributed by atoms with van der Waals surface area (Å²) in [6.07, 6.45) is 0. The molecule has 0 fully saturated rings. The Morgan fingerprint density at radius 3 is 1.79 bits per heavy atom. The highest BCUT2D eigenvalue weighted by atomic mass is 35.5. The monoisotopic (exact) mass is 413 g/mol. The van der Waals surface area contributed by atoms with Crippen LogP contribution in [0.2, 0.25) is 10.0 Å². The van der Waals surface area contributed by atoms with Crippen LogP contribution in [0, 0.1) is 6.92 Å². The number of urea groups is 1. The zero-order valence-corrected chi connectivity index (χ0v) is 16.4. The maximum absolute atomic E-state index is 12.4. The Morgan fingerprint density at radius 1 is 0.714 bits per heavy atom. The number of rotatable bonds is 4. The van der Waals surface area contributed by atoms with E-state index in [9.17, 15) is 9.59 Å². The number of carbonyl (C=O) groups excluding carboxylic acids is 2. The first-order valence-electron chi connectivity index (χ1n) is 8.42. The fourth-order valence-electron chi connectivity index (χ4n) is 2.50. The van der Waals surface area contributed by atoms with Crippen LogP contribution < -0.4 is 16.0 Å². The summed E-state index contributed by atoms with van der Waals surface area (Å²) in [5.41, 5.74) is 3.12. The van der Waals surface area contributed by atoms with Crippen molar-refractivity contribution >= 4 is 52.2 Å². The largest absolute Gasteiger partial charge is 0.323 e. The quantitative estimate of drug-likeness (QED) is 0.476. The molecule has 0 aliphatic carbocycles. The Kier molecular flexibility index (Phi) is 6.19. The van der Waals surface area contributed by atoms with Crippen LogP contribution in [0.15, 0.2) is 66.7 Å². The van der Waals surface area contributed by atoms with Crippen LogP contribution in [0.4, 0.5) is 21.9 Å². The van der Waals surface area contributed by atoms with Crippen molar-refractivity contribution in [3.63, 3.8) is 0 Å². The van der Waals surface area contributed by atoms with Crippen LogP contribution in [-0.2, 0) is 0 Å². The van der Waals surface area contributed by atoms with Crippen molar-refractivity contribution in [1.82, 2.24) is 0 Å². The van der Waals surface area contributed by atoms with Gasteiger partial charge < -0.3 is 16.0 Å². The first kappa shape index (κ1) is 19.7. The Balaban J connectivity index is 1.64. The van der Waals surface area contributed by atoms with Gasteiger partial charge in [-0.2, -0.15) is 0 Å². The molecular formula is C21H17Cl2N3O2. The van der Waals surface area contributed by atoms with Crippen molar-refractivity contribution < 1.29 is 9.59 Å². The molecule has 28 heavy (non-hydrogen) atoms. The SMILES string of the molecule is Cc1cc(C(=O)Nc2ccc(Cl)cc2)ccc1NC(=O)Nc1ccc(Cl)cc1. The minimum Gasteiger partial charge on any atom is -0.322 e. The summed E-state index contributed by atoms with van der Waals surface area (Å²) in [4.78, 5) is 24.6. The maximum atomic E-state index is 12.4. The zero-order valence-electron chi connectivity index (χ0n) is 14.9. The highest BCUT2D eigenvalue weighted by Gasteiger charge is 2.10. The Labute approximate surface area is 172 Å². The van der Waals surface area contributed by atoms with Gasteiger partial charge in [0.15, 0.2) is 0 Å². The molecule has 5 nitrogen and oxygen atoms in total. The number of carbonyl (C=O) groups is 2. The molecule has 0 unspecified atom stereocenters. The van der Waals surface area contributed by atoms with E-state index < -0.39 is 0 Å². The number of anilines is 3. The van der Waals surface area contributed by atoms with E-state index in [0.29, 0.717) is 32.7 Å². The molecule has 0 bridgehead atoms. The highest BCUT2D eigenvalue weighted by molar-refractivity contribution is 6.31. The molecule has 0 saturated heterocycles. The van der Waals surface area contributed by atoms with Gasteiger partial charge in [-0.25, -0.2) is 4.79 Å². The van der Waals surface area contributed by atoms with Crippen LogP contribution in [0.1, 0.15) is 15.9 Å². The highest BCUT2D eigenvalue weighted by Crippen LogP contribution is 2.20.